The van der Waals surface area contributed by atoms with Gasteiger partial charge in [0.2, 0.25) is 0 Å². The first-order chi connectivity index (χ1) is 13.2. The lowest BCUT2D eigenvalue weighted by Crippen LogP contribution is -1.99. The number of aromatic nitrogens is 2. The normalized spacial score (nSPS) is 11.0. The Morgan fingerprint density at radius 3 is 2.74 bits per heavy atom. The van der Waals surface area contributed by atoms with Crippen LogP contribution >= 0.6 is 0 Å². The van der Waals surface area contributed by atoms with Crippen LogP contribution in [0, 0.1) is 23.7 Å². The van der Waals surface area contributed by atoms with Crippen LogP contribution in [0.5, 0.6) is 11.5 Å². The molecule has 0 amide bonds. The lowest BCUT2D eigenvalue weighted by molar-refractivity contribution is 0.299. The van der Waals surface area contributed by atoms with Crippen LogP contribution in [-0.4, -0.2) is 22.8 Å². The fourth-order valence-electron chi connectivity index (χ4n) is 2.82. The van der Waals surface area contributed by atoms with Crippen LogP contribution in [0.3, 0.4) is 0 Å². The molecule has 0 atom stereocenters. The molecule has 0 aliphatic carbocycles. The van der Waals surface area contributed by atoms with Crippen LogP contribution in [0.2, 0.25) is 0 Å². The van der Waals surface area contributed by atoms with Crippen molar-refractivity contribution in [2.75, 3.05) is 13.2 Å². The van der Waals surface area contributed by atoms with Gasteiger partial charge < -0.3 is 14.0 Å². The standard InChI is InChI=1S/C22H19N3O2/c1-4-12-27-20-11-10-16(14-21(20)26-5-2)13-17(15-23)22-24-18-8-6-7-9-19(18)25(22)3/h1,6-11,13-14H,5,12H2,2-3H3/b17-13+. The van der Waals surface area contributed by atoms with E-state index in [9.17, 15) is 5.26 Å². The van der Waals surface area contributed by atoms with E-state index in [0.29, 0.717) is 29.5 Å². The number of nitrogens with zero attached hydrogens (tertiary/aromatic N) is 3. The molecular formula is C22H19N3O2. The number of benzene rings is 2. The lowest BCUT2D eigenvalue weighted by Gasteiger charge is -2.11. The summed E-state index contributed by atoms with van der Waals surface area (Å²) in [5.41, 5.74) is 3.11. The van der Waals surface area contributed by atoms with Gasteiger partial charge in [0.15, 0.2) is 17.3 Å². The van der Waals surface area contributed by atoms with Gasteiger partial charge in [-0.25, -0.2) is 4.98 Å². The molecule has 0 fully saturated rings. The molecule has 0 bridgehead atoms. The zero-order valence-electron chi connectivity index (χ0n) is 15.3. The summed E-state index contributed by atoms with van der Waals surface area (Å²) in [5.74, 6) is 4.22. The Hall–Kier alpha value is -3.70. The topological polar surface area (TPSA) is 60.1 Å². The second kappa shape index (κ2) is 8.12. The molecule has 1 heterocycles. The second-order valence-electron chi connectivity index (χ2n) is 5.78. The van der Waals surface area contributed by atoms with Crippen LogP contribution in [0.4, 0.5) is 0 Å². The molecule has 0 N–H and O–H groups in total. The molecule has 0 aliphatic heterocycles. The zero-order chi connectivity index (χ0) is 19.2. The molecule has 0 radical (unpaired) electrons. The van der Waals surface area contributed by atoms with Crippen LogP contribution in [0.25, 0.3) is 22.7 Å². The molecule has 1 aromatic heterocycles. The molecule has 2 aromatic carbocycles. The van der Waals surface area contributed by atoms with Crippen molar-refractivity contribution in [1.29, 1.82) is 5.26 Å². The zero-order valence-corrected chi connectivity index (χ0v) is 15.3. The van der Waals surface area contributed by atoms with Crippen molar-refractivity contribution in [3.63, 3.8) is 0 Å². The van der Waals surface area contributed by atoms with Crippen LogP contribution in [-0.2, 0) is 7.05 Å². The smallest absolute Gasteiger partial charge is 0.162 e. The predicted octanol–water partition coefficient (Wildman–Crippen LogP) is 4.05. The number of fused-ring (bicyclic) bond motifs is 1. The summed E-state index contributed by atoms with van der Waals surface area (Å²) in [7, 11) is 1.90. The number of rotatable bonds is 6. The highest BCUT2D eigenvalue weighted by molar-refractivity contribution is 5.91. The van der Waals surface area contributed by atoms with Gasteiger partial charge >= 0.3 is 0 Å². The number of hydrogen-bond donors (Lipinski definition) is 0. The Kier molecular flexibility index (Phi) is 5.44. The minimum Gasteiger partial charge on any atom is -0.490 e. The van der Waals surface area contributed by atoms with E-state index in [-0.39, 0.29) is 6.61 Å². The van der Waals surface area contributed by atoms with Gasteiger partial charge in [-0.15, -0.1) is 6.42 Å². The Morgan fingerprint density at radius 2 is 2.04 bits per heavy atom. The lowest BCUT2D eigenvalue weighted by atomic mass is 10.1. The molecule has 0 saturated carbocycles. The van der Waals surface area contributed by atoms with Crippen molar-refractivity contribution in [2.45, 2.75) is 6.92 Å². The maximum absolute atomic E-state index is 9.68. The van der Waals surface area contributed by atoms with Gasteiger partial charge in [0.25, 0.3) is 0 Å². The predicted molar refractivity (Wildman–Crippen MR) is 106 cm³/mol. The largest absolute Gasteiger partial charge is 0.490 e. The van der Waals surface area contributed by atoms with E-state index in [1.54, 1.807) is 12.1 Å². The van der Waals surface area contributed by atoms with Gasteiger partial charge in [-0.05, 0) is 42.8 Å². The second-order valence-corrected chi connectivity index (χ2v) is 5.78. The van der Waals surface area contributed by atoms with Crippen molar-refractivity contribution >= 4 is 22.7 Å². The van der Waals surface area contributed by atoms with E-state index >= 15 is 0 Å². The molecule has 0 saturated heterocycles. The SMILES string of the molecule is C#CCOc1ccc(/C=C(\C#N)c2nc3ccccc3n2C)cc1OCC. The van der Waals surface area contributed by atoms with E-state index in [2.05, 4.69) is 17.0 Å². The summed E-state index contributed by atoms with van der Waals surface area (Å²) in [6.45, 7) is 2.56. The van der Waals surface area contributed by atoms with Gasteiger partial charge in [-0.2, -0.15) is 5.26 Å². The van der Waals surface area contributed by atoms with Gasteiger partial charge in [-0.3, -0.25) is 0 Å². The number of allylic oxidation sites excluding steroid dienone is 1. The first kappa shape index (κ1) is 18.1. The number of imidazole rings is 1. The van der Waals surface area contributed by atoms with Crippen molar-refractivity contribution in [2.24, 2.45) is 7.05 Å². The summed E-state index contributed by atoms with van der Waals surface area (Å²) in [4.78, 5) is 4.59. The highest BCUT2D eigenvalue weighted by Gasteiger charge is 2.13. The molecular weight excluding hydrogens is 338 g/mol. The number of nitriles is 1. The van der Waals surface area contributed by atoms with Crippen LogP contribution in [0.1, 0.15) is 18.3 Å². The number of para-hydroxylation sites is 2. The molecule has 3 aromatic rings. The molecule has 5 heteroatoms. The number of ether oxygens (including phenoxy) is 2. The summed E-state index contributed by atoms with van der Waals surface area (Å²) >= 11 is 0. The average molecular weight is 357 g/mol. The van der Waals surface area contributed by atoms with Crippen molar-refractivity contribution in [3.05, 3.63) is 53.9 Å². The minimum atomic E-state index is 0.165. The van der Waals surface area contributed by atoms with E-state index in [1.165, 1.54) is 0 Å². The number of hydrogen-bond acceptors (Lipinski definition) is 4. The molecule has 3 rings (SSSR count). The Bertz CT molecular complexity index is 1080. The molecule has 5 nitrogen and oxygen atoms in total. The van der Waals surface area contributed by atoms with Gasteiger partial charge in [0.05, 0.1) is 23.2 Å². The van der Waals surface area contributed by atoms with E-state index in [0.717, 1.165) is 16.6 Å². The molecule has 0 aliphatic rings. The molecule has 134 valence electrons. The first-order valence-electron chi connectivity index (χ1n) is 8.54. The van der Waals surface area contributed by atoms with E-state index in [4.69, 9.17) is 15.9 Å². The summed E-state index contributed by atoms with van der Waals surface area (Å²) in [6.07, 6.45) is 7.04. The molecule has 0 spiro atoms. The Labute approximate surface area is 158 Å². The minimum absolute atomic E-state index is 0.165. The van der Waals surface area contributed by atoms with Gasteiger partial charge in [0, 0.05) is 7.05 Å². The van der Waals surface area contributed by atoms with Gasteiger partial charge in [0.1, 0.15) is 12.7 Å². The van der Waals surface area contributed by atoms with Crippen LogP contribution < -0.4 is 9.47 Å². The monoisotopic (exact) mass is 357 g/mol. The summed E-state index contributed by atoms with van der Waals surface area (Å²) in [5, 5.41) is 9.68. The van der Waals surface area contributed by atoms with E-state index < -0.39 is 0 Å². The quantitative estimate of drug-likeness (QED) is 0.493. The number of terminal acetylenes is 1. The van der Waals surface area contributed by atoms with Gasteiger partial charge in [-0.1, -0.05) is 24.1 Å². The average Bonchev–Trinajstić information content (AvgIpc) is 3.02. The van der Waals surface area contributed by atoms with Crippen molar-refractivity contribution < 1.29 is 9.47 Å². The first-order valence-corrected chi connectivity index (χ1v) is 8.54. The van der Waals surface area contributed by atoms with Crippen molar-refractivity contribution in [3.8, 4) is 29.9 Å². The maximum atomic E-state index is 9.68. The van der Waals surface area contributed by atoms with E-state index in [1.807, 2.05) is 54.9 Å². The summed E-state index contributed by atoms with van der Waals surface area (Å²) in [6, 6.07) is 15.5. The summed E-state index contributed by atoms with van der Waals surface area (Å²) < 4.78 is 13.1. The third-order valence-electron chi connectivity index (χ3n) is 4.04. The van der Waals surface area contributed by atoms with Crippen LogP contribution in [0.15, 0.2) is 42.5 Å². The highest BCUT2D eigenvalue weighted by Crippen LogP contribution is 2.30. The Balaban J connectivity index is 2.02. The third-order valence-corrected chi connectivity index (χ3v) is 4.04. The fourth-order valence-corrected chi connectivity index (χ4v) is 2.82. The molecule has 27 heavy (non-hydrogen) atoms. The number of aryl methyl sites for hydroxylation is 1. The molecule has 0 unspecified atom stereocenters. The Morgan fingerprint density at radius 1 is 1.22 bits per heavy atom. The fraction of sp³-hybridized carbons (Fsp3) is 0.182. The maximum Gasteiger partial charge on any atom is 0.162 e. The van der Waals surface area contributed by atoms with Crippen molar-refractivity contribution in [1.82, 2.24) is 9.55 Å². The highest BCUT2D eigenvalue weighted by atomic mass is 16.5. The third kappa shape index (κ3) is 3.78.